The van der Waals surface area contributed by atoms with Crippen molar-refractivity contribution in [3.8, 4) is 0 Å². The molecule has 0 spiro atoms. The first-order valence-corrected chi connectivity index (χ1v) is 10.7. The van der Waals surface area contributed by atoms with Crippen molar-refractivity contribution in [3.63, 3.8) is 0 Å². The van der Waals surface area contributed by atoms with Gasteiger partial charge in [0.2, 0.25) is 0 Å². The van der Waals surface area contributed by atoms with Gasteiger partial charge in [0.25, 0.3) is 5.91 Å². The normalized spacial score (nSPS) is 20.1. The predicted octanol–water partition coefficient (Wildman–Crippen LogP) is 3.10. The Morgan fingerprint density at radius 1 is 1.21 bits per heavy atom. The first-order chi connectivity index (χ1) is 13.5. The van der Waals surface area contributed by atoms with Crippen molar-refractivity contribution >= 4 is 35.1 Å². The van der Waals surface area contributed by atoms with E-state index < -0.39 is 23.8 Å². The van der Waals surface area contributed by atoms with Crippen molar-refractivity contribution in [2.24, 2.45) is 0 Å². The quantitative estimate of drug-likeness (QED) is 0.743. The lowest BCUT2D eigenvalue weighted by atomic mass is 10.2. The number of amides is 2. The molecule has 3 rings (SSSR count). The minimum absolute atomic E-state index is 0.0581. The second-order valence-corrected chi connectivity index (χ2v) is 7.93. The van der Waals surface area contributed by atoms with Crippen molar-refractivity contribution in [2.75, 3.05) is 54.0 Å². The minimum atomic E-state index is -0.971. The van der Waals surface area contributed by atoms with Crippen molar-refractivity contribution in [1.29, 1.82) is 0 Å². The standard InChI is InChI=1S/C19H25F2N3O3S/c1-3-22(4-2)18(25)16-12-24(19(26)27-16)13-10-14(20)17(15(21)11-13)23-6-5-8-28-9-7-23/h10-11,16H,3-9,12H2,1-2H3. The number of halogens is 2. The summed E-state index contributed by atoms with van der Waals surface area (Å²) >= 11 is 1.77. The van der Waals surface area contributed by atoms with Crippen molar-refractivity contribution in [2.45, 2.75) is 26.4 Å². The topological polar surface area (TPSA) is 53.1 Å². The summed E-state index contributed by atoms with van der Waals surface area (Å²) in [5.41, 5.74) is -0.00243. The maximum Gasteiger partial charge on any atom is 0.415 e. The Morgan fingerprint density at radius 2 is 1.89 bits per heavy atom. The molecular formula is C19H25F2N3O3S. The lowest BCUT2D eigenvalue weighted by Gasteiger charge is -2.24. The van der Waals surface area contributed by atoms with Gasteiger partial charge in [0.05, 0.1) is 12.2 Å². The van der Waals surface area contributed by atoms with Crippen molar-refractivity contribution in [1.82, 2.24) is 4.90 Å². The SMILES string of the molecule is CCN(CC)C(=O)C1CN(c2cc(F)c(N3CCCSCC3)c(F)c2)C(=O)O1. The van der Waals surface area contributed by atoms with E-state index in [0.29, 0.717) is 26.2 Å². The zero-order valence-electron chi connectivity index (χ0n) is 16.1. The smallest absolute Gasteiger partial charge is 0.415 e. The Kier molecular flexibility index (Phi) is 6.64. The van der Waals surface area contributed by atoms with E-state index in [1.807, 2.05) is 13.8 Å². The first-order valence-electron chi connectivity index (χ1n) is 9.54. The monoisotopic (exact) mass is 413 g/mol. The van der Waals surface area contributed by atoms with Crippen LogP contribution in [0.15, 0.2) is 12.1 Å². The minimum Gasteiger partial charge on any atom is -0.434 e. The van der Waals surface area contributed by atoms with Crippen LogP contribution in [0.5, 0.6) is 0 Å². The van der Waals surface area contributed by atoms with Crippen LogP contribution in [0, 0.1) is 11.6 Å². The zero-order valence-corrected chi connectivity index (χ0v) is 16.9. The molecule has 1 atom stereocenters. The average Bonchev–Trinajstić information content (AvgIpc) is 2.87. The number of hydrogen-bond acceptors (Lipinski definition) is 5. The van der Waals surface area contributed by atoms with E-state index in [9.17, 15) is 18.4 Å². The number of likely N-dealkylation sites (N-methyl/N-ethyl adjacent to an activating group) is 1. The molecule has 1 unspecified atom stereocenters. The highest BCUT2D eigenvalue weighted by Crippen LogP contribution is 2.32. The van der Waals surface area contributed by atoms with Crippen LogP contribution in [0.3, 0.4) is 0 Å². The van der Waals surface area contributed by atoms with Gasteiger partial charge in [0.1, 0.15) is 5.69 Å². The summed E-state index contributed by atoms with van der Waals surface area (Å²) in [6.07, 6.45) is -0.886. The van der Waals surface area contributed by atoms with Gasteiger partial charge in [0.15, 0.2) is 17.7 Å². The molecule has 1 aromatic carbocycles. The molecule has 2 amide bonds. The Bertz CT molecular complexity index is 714. The predicted molar refractivity (Wildman–Crippen MR) is 106 cm³/mol. The number of thioether (sulfide) groups is 1. The van der Waals surface area contributed by atoms with Gasteiger partial charge in [-0.05, 0) is 26.0 Å². The molecule has 0 aromatic heterocycles. The number of nitrogens with zero attached hydrogens (tertiary/aromatic N) is 3. The molecule has 9 heteroatoms. The highest BCUT2D eigenvalue weighted by atomic mass is 32.2. The molecule has 28 heavy (non-hydrogen) atoms. The number of ether oxygens (including phenoxy) is 1. The highest BCUT2D eigenvalue weighted by Gasteiger charge is 2.39. The Morgan fingerprint density at radius 3 is 2.54 bits per heavy atom. The van der Waals surface area contributed by atoms with Crippen molar-refractivity contribution < 1.29 is 23.1 Å². The summed E-state index contributed by atoms with van der Waals surface area (Å²) in [5.74, 6) is 0.0510. The van der Waals surface area contributed by atoms with E-state index in [-0.39, 0.29) is 23.8 Å². The lowest BCUT2D eigenvalue weighted by Crippen LogP contribution is -2.41. The van der Waals surface area contributed by atoms with Gasteiger partial charge >= 0.3 is 6.09 Å². The second-order valence-electron chi connectivity index (χ2n) is 6.70. The molecule has 0 saturated carbocycles. The van der Waals surface area contributed by atoms with Crippen LogP contribution in [-0.2, 0) is 9.53 Å². The molecule has 2 heterocycles. The third kappa shape index (κ3) is 4.19. The number of cyclic esters (lactones) is 1. The molecule has 2 aliphatic rings. The number of rotatable bonds is 5. The fourth-order valence-corrected chi connectivity index (χ4v) is 4.41. The Labute approximate surface area is 167 Å². The van der Waals surface area contributed by atoms with Crippen LogP contribution >= 0.6 is 11.8 Å². The van der Waals surface area contributed by atoms with Crippen molar-refractivity contribution in [3.05, 3.63) is 23.8 Å². The number of carbonyl (C=O) groups excluding carboxylic acids is 2. The van der Waals surface area contributed by atoms with Gasteiger partial charge < -0.3 is 14.5 Å². The van der Waals surface area contributed by atoms with Crippen LogP contribution in [0.4, 0.5) is 25.0 Å². The zero-order chi connectivity index (χ0) is 20.3. The molecule has 2 saturated heterocycles. The third-order valence-corrected chi connectivity index (χ3v) is 6.06. The van der Waals surface area contributed by atoms with Crippen LogP contribution < -0.4 is 9.80 Å². The van der Waals surface area contributed by atoms with Gasteiger partial charge in [-0.3, -0.25) is 9.69 Å². The summed E-state index contributed by atoms with van der Waals surface area (Å²) in [6, 6.07) is 2.28. The molecular weight excluding hydrogens is 388 g/mol. The maximum absolute atomic E-state index is 14.8. The van der Waals surface area contributed by atoms with Gasteiger partial charge in [-0.15, -0.1) is 0 Å². The summed E-state index contributed by atoms with van der Waals surface area (Å²) in [4.78, 5) is 29.0. The molecule has 1 aromatic rings. The number of benzene rings is 1. The molecule has 6 nitrogen and oxygen atoms in total. The molecule has 0 aliphatic carbocycles. The van der Waals surface area contributed by atoms with E-state index in [4.69, 9.17) is 4.74 Å². The summed E-state index contributed by atoms with van der Waals surface area (Å²) in [6.45, 7) is 5.76. The largest absolute Gasteiger partial charge is 0.434 e. The summed E-state index contributed by atoms with van der Waals surface area (Å²) in [7, 11) is 0. The van der Waals surface area contributed by atoms with E-state index >= 15 is 0 Å². The van der Waals surface area contributed by atoms with E-state index in [2.05, 4.69) is 0 Å². The van der Waals surface area contributed by atoms with E-state index in [1.54, 1.807) is 21.6 Å². The average molecular weight is 413 g/mol. The fourth-order valence-electron chi connectivity index (χ4n) is 3.52. The highest BCUT2D eigenvalue weighted by molar-refractivity contribution is 7.99. The molecule has 2 fully saturated rings. The third-order valence-electron chi connectivity index (χ3n) is 5.01. The lowest BCUT2D eigenvalue weighted by molar-refractivity contribution is -0.138. The molecule has 0 radical (unpaired) electrons. The number of anilines is 2. The van der Waals surface area contributed by atoms with Crippen LogP contribution in [-0.4, -0.2) is 67.2 Å². The molecule has 0 bridgehead atoms. The van der Waals surface area contributed by atoms with Gasteiger partial charge in [-0.1, -0.05) is 0 Å². The summed E-state index contributed by atoms with van der Waals surface area (Å²) < 4.78 is 34.7. The maximum atomic E-state index is 14.8. The Balaban J connectivity index is 1.80. The number of carbonyl (C=O) groups is 2. The fraction of sp³-hybridized carbons (Fsp3) is 0.579. The Hall–Kier alpha value is -2.03. The van der Waals surface area contributed by atoms with Gasteiger partial charge in [-0.25, -0.2) is 13.6 Å². The molecule has 2 aliphatic heterocycles. The second kappa shape index (κ2) is 8.98. The first kappa shape index (κ1) is 20.7. The van der Waals surface area contributed by atoms with Crippen LogP contribution in [0.2, 0.25) is 0 Å². The molecule has 154 valence electrons. The molecule has 0 N–H and O–H groups in total. The van der Waals surface area contributed by atoms with Crippen LogP contribution in [0.1, 0.15) is 20.3 Å². The summed E-state index contributed by atoms with van der Waals surface area (Å²) in [5, 5.41) is 0. The number of hydrogen-bond donors (Lipinski definition) is 0. The van der Waals surface area contributed by atoms with Gasteiger partial charge in [0, 0.05) is 44.1 Å². The van der Waals surface area contributed by atoms with Gasteiger partial charge in [-0.2, -0.15) is 11.8 Å². The van der Waals surface area contributed by atoms with E-state index in [1.165, 1.54) is 0 Å². The van der Waals surface area contributed by atoms with E-state index in [0.717, 1.165) is 35.0 Å². The van der Waals surface area contributed by atoms with Crippen LogP contribution in [0.25, 0.3) is 0 Å².